The highest BCUT2D eigenvalue weighted by Crippen LogP contribution is 2.20. The quantitative estimate of drug-likeness (QED) is 0.235. The van der Waals surface area contributed by atoms with Crippen LogP contribution in [0.4, 0.5) is 0 Å². The molecule has 6 nitrogen and oxygen atoms in total. The topological polar surface area (TPSA) is 78.9 Å². The van der Waals surface area contributed by atoms with Crippen LogP contribution in [0.3, 0.4) is 0 Å². The summed E-state index contributed by atoms with van der Waals surface area (Å²) in [5, 5.41) is 0. The van der Waals surface area contributed by atoms with Crippen LogP contribution in [0.2, 0.25) is 0 Å². The van der Waals surface area contributed by atoms with Crippen molar-refractivity contribution in [3.63, 3.8) is 0 Å². The zero-order valence-corrected chi connectivity index (χ0v) is 21.9. The molecule has 3 atom stereocenters. The van der Waals surface area contributed by atoms with Crippen LogP contribution in [0.1, 0.15) is 119 Å². The maximum Gasteiger partial charge on any atom is 0.689 e. The smallest absolute Gasteiger partial charge is 0.457 e. The van der Waals surface area contributed by atoms with E-state index < -0.39 is 27.4 Å². The summed E-state index contributed by atoms with van der Waals surface area (Å²) in [6.45, 7) is 12.0. The molecule has 0 heterocycles. The van der Waals surface area contributed by atoms with Gasteiger partial charge in [0.05, 0.1) is 17.8 Å². The normalized spacial score (nSPS) is 14.9. The summed E-state index contributed by atoms with van der Waals surface area (Å²) in [7, 11) is -3.27. The van der Waals surface area contributed by atoms with E-state index in [4.69, 9.17) is 13.3 Å². The lowest BCUT2D eigenvalue weighted by atomic mass is 10.00. The Balaban J connectivity index is 5.32. The van der Waals surface area contributed by atoms with E-state index in [2.05, 4.69) is 20.8 Å². The first-order valence-electron chi connectivity index (χ1n) is 12.5. The number of hydrogen-bond donors (Lipinski definition) is 0. The molecule has 0 aromatic heterocycles. The zero-order chi connectivity index (χ0) is 23.6. The predicted molar refractivity (Wildman–Crippen MR) is 125 cm³/mol. The first-order chi connectivity index (χ1) is 14.9. The molecule has 0 aromatic carbocycles. The van der Waals surface area contributed by atoms with Crippen LogP contribution in [0.15, 0.2) is 0 Å². The van der Waals surface area contributed by atoms with Gasteiger partial charge >= 0.3 is 9.53 Å². The Hall–Kier alpha value is -1.37. The van der Waals surface area contributed by atoms with Gasteiger partial charge in [0.2, 0.25) is 0 Å². The molecule has 0 spiro atoms. The maximum atomic E-state index is 12.7. The molecule has 0 N–H and O–H groups in total. The van der Waals surface area contributed by atoms with E-state index >= 15 is 0 Å². The second kappa shape index (κ2) is 18.2. The van der Waals surface area contributed by atoms with E-state index in [1.807, 2.05) is 20.8 Å². The summed E-state index contributed by atoms with van der Waals surface area (Å²) in [6, 6.07) is 0. The molecule has 182 valence electrons. The Morgan fingerprint density at radius 1 is 0.548 bits per heavy atom. The minimum absolute atomic E-state index is 0.267. The molecule has 0 fully saturated rings. The summed E-state index contributed by atoms with van der Waals surface area (Å²) in [5.41, 5.74) is 0. The molecule has 0 saturated carbocycles. The predicted octanol–water partition coefficient (Wildman–Crippen LogP) is 5.98. The first-order valence-corrected chi connectivity index (χ1v) is 13.9. The highest BCUT2D eigenvalue weighted by atomic mass is 28.3. The van der Waals surface area contributed by atoms with Crippen LogP contribution in [-0.4, -0.2) is 27.4 Å². The standard InChI is InChI=1S/C24H46O6Si/c1-7-13-16-19(10-4)22(25)28-31(29-23(26)20(11-5)17-14-8-2)30-24(27)21(12-6)18-15-9-3/h19-21,31H,7-18H2,1-6H3. The van der Waals surface area contributed by atoms with Crippen molar-refractivity contribution >= 4 is 27.4 Å². The van der Waals surface area contributed by atoms with Crippen LogP contribution in [0.5, 0.6) is 0 Å². The molecule has 0 aliphatic carbocycles. The van der Waals surface area contributed by atoms with Crippen LogP contribution < -0.4 is 0 Å². The zero-order valence-electron chi connectivity index (χ0n) is 20.7. The Bertz CT molecular complexity index is 439. The summed E-state index contributed by atoms with van der Waals surface area (Å²) in [4.78, 5) is 38.1. The molecule has 0 aromatic rings. The average molecular weight is 459 g/mol. The molecule has 0 bridgehead atoms. The summed E-state index contributed by atoms with van der Waals surface area (Å²) in [5.74, 6) is -2.06. The van der Waals surface area contributed by atoms with E-state index in [1.54, 1.807) is 0 Å². The highest BCUT2D eigenvalue weighted by molar-refractivity contribution is 6.44. The molecular formula is C24H46O6Si. The van der Waals surface area contributed by atoms with Gasteiger partial charge in [-0.15, -0.1) is 0 Å². The monoisotopic (exact) mass is 458 g/mol. The van der Waals surface area contributed by atoms with Gasteiger partial charge in [-0.2, -0.15) is 0 Å². The highest BCUT2D eigenvalue weighted by Gasteiger charge is 2.35. The Kier molecular flexibility index (Phi) is 17.4. The second-order valence-corrected chi connectivity index (χ2v) is 9.63. The van der Waals surface area contributed by atoms with Gasteiger partial charge in [-0.3, -0.25) is 14.4 Å². The first kappa shape index (κ1) is 29.6. The molecular weight excluding hydrogens is 412 g/mol. The van der Waals surface area contributed by atoms with E-state index in [0.29, 0.717) is 19.3 Å². The number of hydrogen-bond acceptors (Lipinski definition) is 6. The van der Waals surface area contributed by atoms with Crippen molar-refractivity contribution in [1.82, 2.24) is 0 Å². The van der Waals surface area contributed by atoms with Crippen molar-refractivity contribution in [3.05, 3.63) is 0 Å². The number of carbonyl (C=O) groups is 3. The van der Waals surface area contributed by atoms with Crippen molar-refractivity contribution < 1.29 is 27.7 Å². The van der Waals surface area contributed by atoms with Gasteiger partial charge in [0.1, 0.15) is 0 Å². The van der Waals surface area contributed by atoms with Gasteiger partial charge in [-0.1, -0.05) is 80.1 Å². The maximum absolute atomic E-state index is 12.7. The Morgan fingerprint density at radius 2 is 0.806 bits per heavy atom. The average Bonchev–Trinajstić information content (AvgIpc) is 2.75. The molecule has 7 heteroatoms. The third kappa shape index (κ3) is 12.3. The van der Waals surface area contributed by atoms with Gasteiger partial charge in [-0.05, 0) is 38.5 Å². The van der Waals surface area contributed by atoms with E-state index in [1.165, 1.54) is 0 Å². The minimum Gasteiger partial charge on any atom is -0.457 e. The lowest BCUT2D eigenvalue weighted by Crippen LogP contribution is -2.39. The fourth-order valence-corrected chi connectivity index (χ4v) is 4.75. The number of unbranched alkanes of at least 4 members (excludes halogenated alkanes) is 3. The minimum atomic E-state index is -3.27. The number of carbonyl (C=O) groups excluding carboxylic acids is 3. The van der Waals surface area contributed by atoms with Crippen molar-refractivity contribution in [2.75, 3.05) is 0 Å². The Labute approximate surface area is 191 Å². The number of rotatable bonds is 18. The van der Waals surface area contributed by atoms with Crippen molar-refractivity contribution in [3.8, 4) is 0 Å². The summed E-state index contributed by atoms with van der Waals surface area (Å²) >= 11 is 0. The van der Waals surface area contributed by atoms with E-state index in [-0.39, 0.29) is 17.8 Å². The van der Waals surface area contributed by atoms with Gasteiger partial charge < -0.3 is 13.3 Å². The van der Waals surface area contributed by atoms with Crippen molar-refractivity contribution in [2.24, 2.45) is 17.8 Å². The van der Waals surface area contributed by atoms with Crippen LogP contribution >= 0.6 is 0 Å². The molecule has 0 amide bonds. The molecule has 0 radical (unpaired) electrons. The van der Waals surface area contributed by atoms with Gasteiger partial charge in [0.15, 0.2) is 0 Å². The fraction of sp³-hybridized carbons (Fsp3) is 0.875. The molecule has 0 aliphatic heterocycles. The third-order valence-corrected chi connectivity index (χ3v) is 7.11. The summed E-state index contributed by atoms with van der Waals surface area (Å²) < 4.78 is 16.7. The fourth-order valence-electron chi connectivity index (χ4n) is 3.46. The summed E-state index contributed by atoms with van der Waals surface area (Å²) in [6.07, 6.45) is 9.80. The lowest BCUT2D eigenvalue weighted by Gasteiger charge is -2.23. The second-order valence-electron chi connectivity index (χ2n) is 8.34. The molecule has 0 saturated heterocycles. The van der Waals surface area contributed by atoms with Crippen LogP contribution in [0.25, 0.3) is 0 Å². The van der Waals surface area contributed by atoms with Crippen LogP contribution in [-0.2, 0) is 27.7 Å². The molecule has 0 aliphatic rings. The molecule has 0 rings (SSSR count). The van der Waals surface area contributed by atoms with Crippen molar-refractivity contribution in [1.29, 1.82) is 0 Å². The molecule has 31 heavy (non-hydrogen) atoms. The Morgan fingerprint density at radius 3 is 1.00 bits per heavy atom. The van der Waals surface area contributed by atoms with Gasteiger partial charge in [0.25, 0.3) is 17.9 Å². The van der Waals surface area contributed by atoms with Crippen molar-refractivity contribution in [2.45, 2.75) is 119 Å². The molecule has 3 unspecified atom stereocenters. The van der Waals surface area contributed by atoms with Gasteiger partial charge in [0, 0.05) is 0 Å². The van der Waals surface area contributed by atoms with E-state index in [9.17, 15) is 14.4 Å². The largest absolute Gasteiger partial charge is 0.689 e. The lowest BCUT2D eigenvalue weighted by molar-refractivity contribution is -0.153. The SMILES string of the molecule is CCCCC(CC)C(=O)O[SiH](OC(=O)C(CC)CCCC)OC(=O)C(CC)CCCC. The van der Waals surface area contributed by atoms with Gasteiger partial charge in [-0.25, -0.2) is 0 Å². The third-order valence-electron chi connectivity index (χ3n) is 5.83. The van der Waals surface area contributed by atoms with Crippen LogP contribution in [0, 0.1) is 17.8 Å². The van der Waals surface area contributed by atoms with E-state index in [0.717, 1.165) is 57.8 Å².